The standard InChI is InChI=1S/C15H14ClNO2S/c1-19-14-4-2-3-13(16)12(14)9-17-15(18)10-5-7-11(20)8-6-10/h2-8,20H,9H2,1H3,(H,17,18). The SMILES string of the molecule is COc1cccc(Cl)c1CNC(=O)c1ccc(S)cc1. The van der Waals surface area contributed by atoms with Gasteiger partial charge >= 0.3 is 0 Å². The molecule has 0 spiro atoms. The molecule has 0 fully saturated rings. The number of nitrogens with one attached hydrogen (secondary N) is 1. The lowest BCUT2D eigenvalue weighted by Gasteiger charge is -2.11. The molecule has 5 heteroatoms. The van der Waals surface area contributed by atoms with Crippen LogP contribution in [0.15, 0.2) is 47.4 Å². The first kappa shape index (κ1) is 14.8. The number of carbonyl (C=O) groups is 1. The fourth-order valence-electron chi connectivity index (χ4n) is 1.79. The van der Waals surface area contributed by atoms with Crippen LogP contribution in [-0.4, -0.2) is 13.0 Å². The highest BCUT2D eigenvalue weighted by molar-refractivity contribution is 7.80. The van der Waals surface area contributed by atoms with E-state index in [1.54, 1.807) is 43.5 Å². The van der Waals surface area contributed by atoms with Gasteiger partial charge in [-0.25, -0.2) is 0 Å². The molecule has 2 rings (SSSR count). The Morgan fingerprint density at radius 1 is 1.25 bits per heavy atom. The van der Waals surface area contributed by atoms with Gasteiger partial charge in [-0.05, 0) is 36.4 Å². The van der Waals surface area contributed by atoms with Crippen LogP contribution in [-0.2, 0) is 6.54 Å². The Hall–Kier alpha value is -1.65. The number of ether oxygens (including phenoxy) is 1. The van der Waals surface area contributed by atoms with Crippen molar-refractivity contribution in [1.29, 1.82) is 0 Å². The third-order valence-corrected chi connectivity index (χ3v) is 3.50. The molecule has 3 nitrogen and oxygen atoms in total. The van der Waals surface area contributed by atoms with E-state index in [4.69, 9.17) is 16.3 Å². The number of amides is 1. The maximum atomic E-state index is 12.0. The van der Waals surface area contributed by atoms with Gasteiger partial charge in [0.05, 0.1) is 7.11 Å². The molecule has 1 N–H and O–H groups in total. The summed E-state index contributed by atoms with van der Waals surface area (Å²) in [6, 6.07) is 12.4. The van der Waals surface area contributed by atoms with Crippen LogP contribution in [0.2, 0.25) is 5.02 Å². The number of rotatable bonds is 4. The molecular formula is C15H14ClNO2S. The summed E-state index contributed by atoms with van der Waals surface area (Å²) in [6.45, 7) is 0.310. The predicted octanol–water partition coefficient (Wildman–Crippen LogP) is 3.57. The van der Waals surface area contributed by atoms with E-state index in [1.165, 1.54) is 0 Å². The molecule has 104 valence electrons. The van der Waals surface area contributed by atoms with Crippen molar-refractivity contribution >= 4 is 30.1 Å². The second-order valence-electron chi connectivity index (χ2n) is 4.15. The van der Waals surface area contributed by atoms with Crippen LogP contribution in [0.1, 0.15) is 15.9 Å². The van der Waals surface area contributed by atoms with Crippen molar-refractivity contribution in [2.45, 2.75) is 11.4 Å². The Morgan fingerprint density at radius 2 is 1.95 bits per heavy atom. The van der Waals surface area contributed by atoms with E-state index in [9.17, 15) is 4.79 Å². The molecule has 0 aliphatic carbocycles. The normalized spacial score (nSPS) is 10.2. The molecule has 0 aromatic heterocycles. The molecule has 0 bridgehead atoms. The second-order valence-corrected chi connectivity index (χ2v) is 5.07. The number of methoxy groups -OCH3 is 1. The van der Waals surface area contributed by atoms with Gasteiger partial charge in [0.25, 0.3) is 5.91 Å². The van der Waals surface area contributed by atoms with Gasteiger partial charge in [-0.3, -0.25) is 4.79 Å². The first-order chi connectivity index (χ1) is 9.61. The Balaban J connectivity index is 2.09. The maximum Gasteiger partial charge on any atom is 0.251 e. The molecule has 0 atom stereocenters. The fourth-order valence-corrected chi connectivity index (χ4v) is 2.17. The Labute approximate surface area is 128 Å². The summed E-state index contributed by atoms with van der Waals surface area (Å²) in [5.41, 5.74) is 1.34. The second kappa shape index (κ2) is 6.68. The van der Waals surface area contributed by atoms with Crippen LogP contribution in [0, 0.1) is 0 Å². The van der Waals surface area contributed by atoms with Crippen LogP contribution in [0.5, 0.6) is 5.75 Å². The summed E-state index contributed by atoms with van der Waals surface area (Å²) in [6.07, 6.45) is 0. The van der Waals surface area contributed by atoms with Crippen molar-refractivity contribution in [3.8, 4) is 5.75 Å². The predicted molar refractivity (Wildman–Crippen MR) is 82.9 cm³/mol. The first-order valence-corrected chi connectivity index (χ1v) is 6.83. The van der Waals surface area contributed by atoms with Crippen LogP contribution >= 0.6 is 24.2 Å². The van der Waals surface area contributed by atoms with E-state index in [-0.39, 0.29) is 5.91 Å². The Kier molecular flexibility index (Phi) is 4.93. The number of hydrogen-bond acceptors (Lipinski definition) is 3. The summed E-state index contributed by atoms with van der Waals surface area (Å²) in [4.78, 5) is 12.8. The molecule has 0 radical (unpaired) electrons. The van der Waals surface area contributed by atoms with E-state index in [0.29, 0.717) is 22.9 Å². The average Bonchev–Trinajstić information content (AvgIpc) is 2.46. The molecule has 0 heterocycles. The molecule has 2 aromatic rings. The van der Waals surface area contributed by atoms with Gasteiger partial charge in [-0.2, -0.15) is 0 Å². The smallest absolute Gasteiger partial charge is 0.251 e. The number of halogens is 1. The molecule has 0 saturated carbocycles. The molecule has 0 aliphatic heterocycles. The zero-order valence-corrected chi connectivity index (χ0v) is 12.5. The fraction of sp³-hybridized carbons (Fsp3) is 0.133. The summed E-state index contributed by atoms with van der Waals surface area (Å²) < 4.78 is 5.23. The molecule has 1 amide bonds. The van der Waals surface area contributed by atoms with Crippen molar-refractivity contribution in [2.75, 3.05) is 7.11 Å². The zero-order chi connectivity index (χ0) is 14.5. The highest BCUT2D eigenvalue weighted by Gasteiger charge is 2.10. The zero-order valence-electron chi connectivity index (χ0n) is 10.9. The minimum Gasteiger partial charge on any atom is -0.496 e. The third kappa shape index (κ3) is 3.46. The van der Waals surface area contributed by atoms with Crippen LogP contribution < -0.4 is 10.1 Å². The molecule has 0 aliphatic rings. The van der Waals surface area contributed by atoms with E-state index in [2.05, 4.69) is 17.9 Å². The van der Waals surface area contributed by atoms with Crippen LogP contribution in [0.3, 0.4) is 0 Å². The lowest BCUT2D eigenvalue weighted by atomic mass is 10.1. The van der Waals surface area contributed by atoms with Gasteiger partial charge < -0.3 is 10.1 Å². The van der Waals surface area contributed by atoms with Gasteiger partial charge in [0.15, 0.2) is 0 Å². The van der Waals surface area contributed by atoms with Gasteiger partial charge in [0.1, 0.15) is 5.75 Å². The van der Waals surface area contributed by atoms with Gasteiger partial charge in [0.2, 0.25) is 0 Å². The van der Waals surface area contributed by atoms with Crippen LogP contribution in [0.25, 0.3) is 0 Å². The summed E-state index contributed by atoms with van der Waals surface area (Å²) in [7, 11) is 1.57. The van der Waals surface area contributed by atoms with Crippen molar-refractivity contribution < 1.29 is 9.53 Å². The molecule has 0 unspecified atom stereocenters. The Bertz CT molecular complexity index is 614. The lowest BCUT2D eigenvalue weighted by molar-refractivity contribution is 0.0950. The molecule has 20 heavy (non-hydrogen) atoms. The van der Waals surface area contributed by atoms with E-state index in [1.807, 2.05) is 6.07 Å². The quantitative estimate of drug-likeness (QED) is 0.848. The largest absolute Gasteiger partial charge is 0.496 e. The van der Waals surface area contributed by atoms with Gasteiger partial charge in [-0.15, -0.1) is 12.6 Å². The van der Waals surface area contributed by atoms with E-state index >= 15 is 0 Å². The topological polar surface area (TPSA) is 38.3 Å². The van der Waals surface area contributed by atoms with Crippen LogP contribution in [0.4, 0.5) is 0 Å². The first-order valence-electron chi connectivity index (χ1n) is 6.00. The van der Waals surface area contributed by atoms with E-state index < -0.39 is 0 Å². The highest BCUT2D eigenvalue weighted by atomic mass is 35.5. The number of thiol groups is 1. The van der Waals surface area contributed by atoms with E-state index in [0.717, 1.165) is 10.5 Å². The van der Waals surface area contributed by atoms with Crippen molar-refractivity contribution in [3.05, 3.63) is 58.6 Å². The number of benzene rings is 2. The average molecular weight is 308 g/mol. The monoisotopic (exact) mass is 307 g/mol. The summed E-state index contributed by atoms with van der Waals surface area (Å²) in [5, 5.41) is 3.39. The van der Waals surface area contributed by atoms with Crippen molar-refractivity contribution in [3.63, 3.8) is 0 Å². The minimum absolute atomic E-state index is 0.166. The lowest BCUT2D eigenvalue weighted by Crippen LogP contribution is -2.23. The summed E-state index contributed by atoms with van der Waals surface area (Å²) >= 11 is 10.3. The van der Waals surface area contributed by atoms with Gasteiger partial charge in [0, 0.05) is 27.6 Å². The maximum absolute atomic E-state index is 12.0. The minimum atomic E-state index is -0.166. The number of hydrogen-bond donors (Lipinski definition) is 2. The molecule has 2 aromatic carbocycles. The van der Waals surface area contributed by atoms with Gasteiger partial charge in [-0.1, -0.05) is 17.7 Å². The van der Waals surface area contributed by atoms with Crippen molar-refractivity contribution in [1.82, 2.24) is 5.32 Å². The highest BCUT2D eigenvalue weighted by Crippen LogP contribution is 2.25. The van der Waals surface area contributed by atoms with Crippen molar-refractivity contribution in [2.24, 2.45) is 0 Å². The number of carbonyl (C=O) groups excluding carboxylic acids is 1. The summed E-state index contributed by atoms with van der Waals surface area (Å²) in [5.74, 6) is 0.490. The molecular weight excluding hydrogens is 294 g/mol. The Morgan fingerprint density at radius 3 is 2.60 bits per heavy atom. The molecule has 0 saturated heterocycles. The third-order valence-electron chi connectivity index (χ3n) is 2.85.